The summed E-state index contributed by atoms with van der Waals surface area (Å²) in [4.78, 5) is 13.6. The number of carbonyl (C=O) groups excluding carboxylic acids is 1. The molecule has 118 valence electrons. The maximum Gasteiger partial charge on any atom is 0.417 e. The number of alkyl halides is 3. The number of amides is 1. The molecule has 0 aromatic heterocycles. The van der Waals surface area contributed by atoms with Gasteiger partial charge in [-0.1, -0.05) is 15.9 Å². The van der Waals surface area contributed by atoms with Crippen molar-refractivity contribution in [3.63, 3.8) is 0 Å². The van der Waals surface area contributed by atoms with E-state index in [4.69, 9.17) is 0 Å². The molecule has 7 heteroatoms. The van der Waals surface area contributed by atoms with E-state index in [-0.39, 0.29) is 16.6 Å². The van der Waals surface area contributed by atoms with Gasteiger partial charge in [-0.3, -0.25) is 4.79 Å². The third kappa shape index (κ3) is 5.00. The Bertz CT molecular complexity index is 524. The molecule has 0 fully saturated rings. The van der Waals surface area contributed by atoms with E-state index in [1.54, 1.807) is 6.92 Å². The van der Waals surface area contributed by atoms with E-state index >= 15 is 0 Å². The van der Waals surface area contributed by atoms with Gasteiger partial charge in [0.2, 0.25) is 0 Å². The highest BCUT2D eigenvalue weighted by Crippen LogP contribution is 2.35. The molecule has 1 amide bonds. The molecule has 0 spiro atoms. The zero-order valence-corrected chi connectivity index (χ0v) is 13.5. The molecule has 0 bridgehead atoms. The van der Waals surface area contributed by atoms with Crippen LogP contribution in [0.25, 0.3) is 0 Å². The summed E-state index contributed by atoms with van der Waals surface area (Å²) in [6, 6.07) is 3.35. The average molecular weight is 368 g/mol. The summed E-state index contributed by atoms with van der Waals surface area (Å²) in [6.07, 6.45) is -4.54. The molecule has 0 unspecified atom stereocenters. The monoisotopic (exact) mass is 367 g/mol. The first-order valence-electron chi connectivity index (χ1n) is 6.34. The van der Waals surface area contributed by atoms with Gasteiger partial charge in [-0.25, -0.2) is 0 Å². The fraction of sp³-hybridized carbons (Fsp3) is 0.500. The Kier molecular flexibility index (Phi) is 5.44. The van der Waals surface area contributed by atoms with E-state index in [9.17, 15) is 23.1 Å². The van der Waals surface area contributed by atoms with Gasteiger partial charge in [0.05, 0.1) is 11.2 Å². The first-order valence-corrected chi connectivity index (χ1v) is 7.13. The summed E-state index contributed by atoms with van der Waals surface area (Å²) in [5.41, 5.74) is -2.07. The van der Waals surface area contributed by atoms with E-state index in [0.29, 0.717) is 6.54 Å². The maximum atomic E-state index is 12.9. The molecule has 21 heavy (non-hydrogen) atoms. The Morgan fingerprint density at radius 3 is 2.33 bits per heavy atom. The van der Waals surface area contributed by atoms with Crippen LogP contribution >= 0.6 is 15.9 Å². The molecule has 1 rings (SSSR count). The van der Waals surface area contributed by atoms with Crippen molar-refractivity contribution in [1.82, 2.24) is 4.90 Å². The number of carbonyl (C=O) groups is 1. The number of hydrogen-bond donors (Lipinski definition) is 1. The highest BCUT2D eigenvalue weighted by atomic mass is 79.9. The molecule has 1 N–H and O–H groups in total. The number of halogens is 4. The van der Waals surface area contributed by atoms with Crippen LogP contribution < -0.4 is 0 Å². The molecular formula is C14H17BrF3NO2. The number of hydrogen-bond acceptors (Lipinski definition) is 2. The van der Waals surface area contributed by atoms with Crippen molar-refractivity contribution < 1.29 is 23.1 Å². The lowest BCUT2D eigenvalue weighted by Gasteiger charge is -2.28. The van der Waals surface area contributed by atoms with Crippen LogP contribution in [0.1, 0.15) is 36.7 Å². The second-order valence-corrected chi connectivity index (χ2v) is 6.18. The van der Waals surface area contributed by atoms with Gasteiger partial charge >= 0.3 is 6.18 Å². The molecule has 1 aromatic carbocycles. The molecule has 1 aromatic rings. The minimum atomic E-state index is -4.54. The normalized spacial score (nSPS) is 12.4. The minimum Gasteiger partial charge on any atom is -0.389 e. The maximum absolute atomic E-state index is 12.9. The first kappa shape index (κ1) is 18.0. The van der Waals surface area contributed by atoms with E-state index in [1.807, 2.05) is 0 Å². The van der Waals surface area contributed by atoms with Crippen molar-refractivity contribution in [2.45, 2.75) is 32.5 Å². The highest BCUT2D eigenvalue weighted by Gasteiger charge is 2.34. The summed E-state index contributed by atoms with van der Waals surface area (Å²) >= 11 is 2.83. The molecule has 0 saturated carbocycles. The van der Waals surface area contributed by atoms with Gasteiger partial charge in [0, 0.05) is 23.1 Å². The van der Waals surface area contributed by atoms with Crippen LogP contribution in [0.5, 0.6) is 0 Å². The van der Waals surface area contributed by atoms with Crippen molar-refractivity contribution in [1.29, 1.82) is 0 Å². The number of nitrogens with zero attached hydrogens (tertiary/aromatic N) is 1. The van der Waals surface area contributed by atoms with Gasteiger partial charge < -0.3 is 10.0 Å². The zero-order valence-electron chi connectivity index (χ0n) is 12.0. The molecule has 3 nitrogen and oxygen atoms in total. The van der Waals surface area contributed by atoms with Crippen LogP contribution in [0.2, 0.25) is 0 Å². The van der Waals surface area contributed by atoms with E-state index in [1.165, 1.54) is 30.9 Å². The number of aliphatic hydroxyl groups is 1. The molecular weight excluding hydrogens is 351 g/mol. The Balaban J connectivity index is 3.13. The third-order valence-electron chi connectivity index (χ3n) is 2.77. The van der Waals surface area contributed by atoms with Crippen LogP contribution in [-0.2, 0) is 6.18 Å². The van der Waals surface area contributed by atoms with Crippen LogP contribution in [0.15, 0.2) is 22.7 Å². The van der Waals surface area contributed by atoms with E-state index in [0.717, 1.165) is 6.07 Å². The van der Waals surface area contributed by atoms with Crippen LogP contribution in [-0.4, -0.2) is 34.6 Å². The standard InChI is InChI=1S/C14H17BrF3NO2/c1-4-19(8-13(2,3)21)12(20)9-5-6-11(15)10(7-9)14(16,17)18/h5-7,21H,4,8H2,1-3H3. The molecule has 0 aliphatic heterocycles. The summed E-state index contributed by atoms with van der Waals surface area (Å²) in [5, 5.41) is 9.76. The molecule has 0 aliphatic rings. The second kappa shape index (κ2) is 6.36. The number of rotatable bonds is 4. The summed E-state index contributed by atoms with van der Waals surface area (Å²) in [6.45, 7) is 5.10. The third-order valence-corrected chi connectivity index (χ3v) is 3.46. The molecule has 0 heterocycles. The lowest BCUT2D eigenvalue weighted by Crippen LogP contribution is -2.42. The van der Waals surface area contributed by atoms with Crippen LogP contribution in [0.4, 0.5) is 13.2 Å². The fourth-order valence-electron chi connectivity index (χ4n) is 1.85. The molecule has 0 saturated heterocycles. The van der Waals surface area contributed by atoms with Crippen molar-refractivity contribution >= 4 is 21.8 Å². The fourth-order valence-corrected chi connectivity index (χ4v) is 2.32. The summed E-state index contributed by atoms with van der Waals surface area (Å²) in [5.74, 6) is -0.544. The predicted molar refractivity (Wildman–Crippen MR) is 77.0 cm³/mol. The predicted octanol–water partition coefficient (Wildman–Crippen LogP) is 3.70. The van der Waals surface area contributed by atoms with Crippen LogP contribution in [0, 0.1) is 0 Å². The van der Waals surface area contributed by atoms with Crippen molar-refractivity contribution in [2.24, 2.45) is 0 Å². The smallest absolute Gasteiger partial charge is 0.389 e. The lowest BCUT2D eigenvalue weighted by atomic mass is 10.1. The van der Waals surface area contributed by atoms with Gasteiger partial charge in [0.15, 0.2) is 0 Å². The van der Waals surface area contributed by atoms with Crippen molar-refractivity contribution in [2.75, 3.05) is 13.1 Å². The van der Waals surface area contributed by atoms with Gasteiger partial charge in [0.25, 0.3) is 5.91 Å². The Morgan fingerprint density at radius 1 is 1.33 bits per heavy atom. The Morgan fingerprint density at radius 2 is 1.90 bits per heavy atom. The Labute approximate surface area is 129 Å². The molecule has 0 radical (unpaired) electrons. The topological polar surface area (TPSA) is 40.5 Å². The van der Waals surface area contributed by atoms with Crippen LogP contribution in [0.3, 0.4) is 0 Å². The van der Waals surface area contributed by atoms with E-state index in [2.05, 4.69) is 15.9 Å². The highest BCUT2D eigenvalue weighted by molar-refractivity contribution is 9.10. The van der Waals surface area contributed by atoms with Gasteiger partial charge in [-0.2, -0.15) is 13.2 Å². The van der Waals surface area contributed by atoms with E-state index < -0.39 is 23.2 Å². The SMILES string of the molecule is CCN(CC(C)(C)O)C(=O)c1ccc(Br)c(C(F)(F)F)c1. The quantitative estimate of drug-likeness (QED) is 0.881. The minimum absolute atomic E-state index is 0.0414. The largest absolute Gasteiger partial charge is 0.417 e. The summed E-state index contributed by atoms with van der Waals surface area (Å²) < 4.78 is 38.4. The average Bonchev–Trinajstić information content (AvgIpc) is 2.33. The van der Waals surface area contributed by atoms with Gasteiger partial charge in [-0.15, -0.1) is 0 Å². The van der Waals surface area contributed by atoms with Crippen molar-refractivity contribution in [3.05, 3.63) is 33.8 Å². The number of benzene rings is 1. The van der Waals surface area contributed by atoms with Gasteiger partial charge in [-0.05, 0) is 39.0 Å². The molecule has 0 atom stereocenters. The summed E-state index contributed by atoms with van der Waals surface area (Å²) in [7, 11) is 0. The lowest BCUT2D eigenvalue weighted by molar-refractivity contribution is -0.138. The Hall–Kier alpha value is -1.08. The first-order chi connectivity index (χ1) is 9.45. The second-order valence-electron chi connectivity index (χ2n) is 5.32. The zero-order chi connectivity index (χ0) is 16.4. The van der Waals surface area contributed by atoms with Crippen molar-refractivity contribution in [3.8, 4) is 0 Å². The molecule has 0 aliphatic carbocycles. The van der Waals surface area contributed by atoms with Gasteiger partial charge in [0.1, 0.15) is 0 Å². The number of likely N-dealkylation sites (N-methyl/N-ethyl adjacent to an activating group) is 1.